The average Bonchev–Trinajstić information content (AvgIpc) is 3.29. The molecule has 6 nitrogen and oxygen atoms in total. The summed E-state index contributed by atoms with van der Waals surface area (Å²) < 4.78 is 2.33. The molecule has 25 heavy (non-hydrogen) atoms. The Morgan fingerprint density at radius 2 is 1.88 bits per heavy atom. The maximum Gasteiger partial charge on any atom is 0.204 e. The molecule has 0 radical (unpaired) electrons. The van der Waals surface area contributed by atoms with Gasteiger partial charge in [0.1, 0.15) is 5.82 Å². The van der Waals surface area contributed by atoms with Gasteiger partial charge in [0.2, 0.25) is 5.82 Å². The van der Waals surface area contributed by atoms with Crippen LogP contribution in [0.4, 0.5) is 0 Å². The summed E-state index contributed by atoms with van der Waals surface area (Å²) in [5.74, 6) is 1.77. The summed E-state index contributed by atoms with van der Waals surface area (Å²) in [5, 5.41) is 14.1. The number of hydrogen-bond donors (Lipinski definition) is 1. The van der Waals surface area contributed by atoms with Crippen molar-refractivity contribution in [1.82, 2.24) is 30.2 Å². The summed E-state index contributed by atoms with van der Waals surface area (Å²) in [5.41, 5.74) is 4.44. The highest BCUT2D eigenvalue weighted by molar-refractivity contribution is 5.76. The number of para-hydroxylation sites is 2. The fourth-order valence-electron chi connectivity index (χ4n) is 3.05. The van der Waals surface area contributed by atoms with E-state index < -0.39 is 0 Å². The Balaban J connectivity index is 1.65. The number of aromatic amines is 1. The molecule has 0 aliphatic carbocycles. The summed E-state index contributed by atoms with van der Waals surface area (Å²) in [6, 6.07) is 16.6. The van der Waals surface area contributed by atoms with Crippen LogP contribution in [0.1, 0.15) is 31.2 Å². The van der Waals surface area contributed by atoms with Gasteiger partial charge in [-0.2, -0.15) is 5.21 Å². The van der Waals surface area contributed by atoms with Gasteiger partial charge in [-0.1, -0.05) is 49.7 Å². The van der Waals surface area contributed by atoms with Crippen molar-refractivity contribution >= 4 is 11.0 Å². The lowest BCUT2D eigenvalue weighted by atomic mass is 10.1. The molecule has 2 heterocycles. The zero-order valence-electron chi connectivity index (χ0n) is 14.2. The Morgan fingerprint density at radius 3 is 2.64 bits per heavy atom. The van der Waals surface area contributed by atoms with E-state index in [1.165, 1.54) is 17.5 Å². The number of nitrogens with zero attached hydrogens (tertiary/aromatic N) is 5. The van der Waals surface area contributed by atoms with Gasteiger partial charge in [0.25, 0.3) is 0 Å². The molecule has 0 amide bonds. The van der Waals surface area contributed by atoms with Crippen LogP contribution in [0.5, 0.6) is 0 Å². The highest BCUT2D eigenvalue weighted by atomic mass is 15.5. The third-order valence-corrected chi connectivity index (χ3v) is 4.39. The average molecular weight is 332 g/mol. The van der Waals surface area contributed by atoms with Gasteiger partial charge in [0.15, 0.2) is 0 Å². The van der Waals surface area contributed by atoms with Gasteiger partial charge in [0, 0.05) is 18.5 Å². The topological polar surface area (TPSA) is 72.3 Å². The van der Waals surface area contributed by atoms with Crippen LogP contribution in [-0.2, 0) is 13.0 Å². The molecule has 0 aliphatic rings. The van der Waals surface area contributed by atoms with Gasteiger partial charge in [-0.15, -0.1) is 10.2 Å². The molecule has 0 saturated carbocycles. The van der Waals surface area contributed by atoms with Gasteiger partial charge < -0.3 is 4.57 Å². The minimum absolute atomic E-state index is 0.614. The molecule has 4 rings (SSSR count). The van der Waals surface area contributed by atoms with Gasteiger partial charge >= 0.3 is 0 Å². The van der Waals surface area contributed by atoms with E-state index in [-0.39, 0.29) is 0 Å². The standard InChI is InChI=1S/C19H20N6/c1-2-3-8-18-20-16-6-4-5-7-17(16)25(18)13-14-9-11-15(12-10-14)19-21-23-24-22-19/h4-7,9-12H,2-3,8,13H2,1H3,(H,21,22,23,24). The zero-order chi connectivity index (χ0) is 17.1. The molecule has 0 bridgehead atoms. The number of aromatic nitrogens is 6. The highest BCUT2D eigenvalue weighted by Gasteiger charge is 2.11. The number of aryl methyl sites for hydroxylation is 1. The van der Waals surface area contributed by atoms with Crippen molar-refractivity contribution < 1.29 is 0 Å². The molecule has 0 fully saturated rings. The third-order valence-electron chi connectivity index (χ3n) is 4.39. The van der Waals surface area contributed by atoms with Crippen LogP contribution in [0.3, 0.4) is 0 Å². The molecule has 1 N–H and O–H groups in total. The molecule has 126 valence electrons. The molecule has 0 aliphatic heterocycles. The molecule has 0 saturated heterocycles. The van der Waals surface area contributed by atoms with E-state index >= 15 is 0 Å². The molecule has 0 atom stereocenters. The quantitative estimate of drug-likeness (QED) is 0.585. The second-order valence-corrected chi connectivity index (χ2v) is 6.14. The van der Waals surface area contributed by atoms with Crippen LogP contribution < -0.4 is 0 Å². The van der Waals surface area contributed by atoms with E-state index in [2.05, 4.69) is 62.4 Å². The van der Waals surface area contributed by atoms with E-state index in [0.29, 0.717) is 5.82 Å². The monoisotopic (exact) mass is 332 g/mol. The molecule has 0 spiro atoms. The van der Waals surface area contributed by atoms with E-state index in [9.17, 15) is 0 Å². The van der Waals surface area contributed by atoms with E-state index in [4.69, 9.17) is 4.98 Å². The molecule has 2 aromatic heterocycles. The predicted octanol–water partition coefficient (Wildman–Crippen LogP) is 3.61. The van der Waals surface area contributed by atoms with E-state index in [0.717, 1.165) is 36.3 Å². The van der Waals surface area contributed by atoms with Crippen LogP contribution in [0, 0.1) is 0 Å². The van der Waals surface area contributed by atoms with Crippen molar-refractivity contribution in [1.29, 1.82) is 0 Å². The van der Waals surface area contributed by atoms with Crippen LogP contribution in [0.15, 0.2) is 48.5 Å². The van der Waals surface area contributed by atoms with Crippen molar-refractivity contribution in [3.8, 4) is 11.4 Å². The maximum absolute atomic E-state index is 4.84. The summed E-state index contributed by atoms with van der Waals surface area (Å²) >= 11 is 0. The zero-order valence-corrected chi connectivity index (χ0v) is 14.2. The van der Waals surface area contributed by atoms with Gasteiger partial charge in [-0.05, 0) is 29.3 Å². The fourth-order valence-corrected chi connectivity index (χ4v) is 3.05. The lowest BCUT2D eigenvalue weighted by Crippen LogP contribution is -2.05. The third kappa shape index (κ3) is 3.15. The van der Waals surface area contributed by atoms with Crippen molar-refractivity contribution in [2.75, 3.05) is 0 Å². The number of fused-ring (bicyclic) bond motifs is 1. The summed E-state index contributed by atoms with van der Waals surface area (Å²) in [7, 11) is 0. The molecule has 2 aromatic carbocycles. The normalized spacial score (nSPS) is 11.2. The van der Waals surface area contributed by atoms with Crippen molar-refractivity contribution in [3.05, 3.63) is 59.9 Å². The van der Waals surface area contributed by atoms with Crippen molar-refractivity contribution in [3.63, 3.8) is 0 Å². The number of tetrazole rings is 1. The number of imidazole rings is 1. The lowest BCUT2D eigenvalue weighted by Gasteiger charge is -2.10. The number of rotatable bonds is 6. The minimum Gasteiger partial charge on any atom is -0.323 e. The first-order chi connectivity index (χ1) is 12.3. The smallest absolute Gasteiger partial charge is 0.204 e. The second kappa shape index (κ2) is 6.84. The molecule has 4 aromatic rings. The summed E-state index contributed by atoms with van der Waals surface area (Å²) in [6.45, 7) is 3.02. The Hall–Kier alpha value is -3.02. The number of hydrogen-bond acceptors (Lipinski definition) is 4. The van der Waals surface area contributed by atoms with Crippen LogP contribution in [0.25, 0.3) is 22.4 Å². The first-order valence-electron chi connectivity index (χ1n) is 8.62. The molecule has 0 unspecified atom stereocenters. The first kappa shape index (κ1) is 15.5. The molecular weight excluding hydrogens is 312 g/mol. The lowest BCUT2D eigenvalue weighted by molar-refractivity contribution is 0.690. The Morgan fingerprint density at radius 1 is 1.04 bits per heavy atom. The van der Waals surface area contributed by atoms with Gasteiger partial charge in [0.05, 0.1) is 11.0 Å². The number of nitrogens with one attached hydrogen (secondary N) is 1. The van der Waals surface area contributed by atoms with Crippen LogP contribution in [-0.4, -0.2) is 30.2 Å². The largest absolute Gasteiger partial charge is 0.323 e. The van der Waals surface area contributed by atoms with Gasteiger partial charge in [-0.25, -0.2) is 4.98 Å². The second-order valence-electron chi connectivity index (χ2n) is 6.14. The van der Waals surface area contributed by atoms with E-state index in [1.54, 1.807) is 0 Å². The first-order valence-corrected chi connectivity index (χ1v) is 8.62. The number of benzene rings is 2. The maximum atomic E-state index is 4.84. The Kier molecular flexibility index (Phi) is 4.24. The van der Waals surface area contributed by atoms with Crippen molar-refractivity contribution in [2.24, 2.45) is 0 Å². The fraction of sp³-hybridized carbons (Fsp3) is 0.263. The highest BCUT2D eigenvalue weighted by Crippen LogP contribution is 2.21. The van der Waals surface area contributed by atoms with Crippen LogP contribution >= 0.6 is 0 Å². The molecular formula is C19H20N6. The summed E-state index contributed by atoms with van der Waals surface area (Å²) in [6.07, 6.45) is 3.33. The van der Waals surface area contributed by atoms with E-state index in [1.807, 2.05) is 18.2 Å². The Labute approximate surface area is 145 Å². The summed E-state index contributed by atoms with van der Waals surface area (Å²) in [4.78, 5) is 4.84. The minimum atomic E-state index is 0.614. The molecule has 6 heteroatoms. The predicted molar refractivity (Wildman–Crippen MR) is 97.1 cm³/mol. The SMILES string of the molecule is CCCCc1nc2ccccc2n1Cc1ccc(-c2nn[nH]n2)cc1. The number of unbranched alkanes of at least 4 members (excludes halogenated alkanes) is 1. The number of H-pyrrole nitrogens is 1. The van der Waals surface area contributed by atoms with Crippen molar-refractivity contribution in [2.45, 2.75) is 32.7 Å². The van der Waals surface area contributed by atoms with Crippen LogP contribution in [0.2, 0.25) is 0 Å². The van der Waals surface area contributed by atoms with Gasteiger partial charge in [-0.3, -0.25) is 0 Å². The Bertz CT molecular complexity index is 953.